The number of hydrogen-bond donors (Lipinski definition) is 0. The molecule has 3 aliphatic rings. The molecule has 2 unspecified atom stereocenters. The summed E-state index contributed by atoms with van der Waals surface area (Å²) in [6.07, 6.45) is 3.59. The van der Waals surface area contributed by atoms with Crippen LogP contribution in [0.2, 0.25) is 0 Å². The van der Waals surface area contributed by atoms with E-state index in [1.807, 2.05) is 18.2 Å². The summed E-state index contributed by atoms with van der Waals surface area (Å²) in [4.78, 5) is 43.1. The van der Waals surface area contributed by atoms with Crippen molar-refractivity contribution in [2.24, 2.45) is 11.8 Å². The molecule has 6 heteroatoms. The minimum Gasteiger partial charge on any atom is -0.339 e. The highest BCUT2D eigenvalue weighted by molar-refractivity contribution is 6.07. The Hall–Kier alpha value is -2.21. The van der Waals surface area contributed by atoms with Crippen LogP contribution in [0.1, 0.15) is 31.2 Å². The lowest BCUT2D eigenvalue weighted by atomic mass is 9.81. The number of carbonyl (C=O) groups excluding carboxylic acids is 3. The van der Waals surface area contributed by atoms with E-state index in [0.717, 1.165) is 45.3 Å². The standard InChI is InChI=1S/C21H27N3O3/c25-19(15-24-20(26)17-8-4-5-9-18(17)21(24)27)23-12-10-22(11-13-23)14-16-6-2-1-3-7-16/h1-3,6-7,17-18H,4-5,8-15H2. The number of rotatable bonds is 4. The number of carbonyl (C=O) groups is 3. The Morgan fingerprint density at radius 3 is 2.07 bits per heavy atom. The molecule has 144 valence electrons. The van der Waals surface area contributed by atoms with Gasteiger partial charge in [-0.1, -0.05) is 43.2 Å². The fraction of sp³-hybridized carbons (Fsp3) is 0.571. The normalized spacial score (nSPS) is 26.4. The van der Waals surface area contributed by atoms with Crippen LogP contribution >= 0.6 is 0 Å². The van der Waals surface area contributed by atoms with Gasteiger partial charge in [-0.25, -0.2) is 0 Å². The predicted molar refractivity (Wildman–Crippen MR) is 100 cm³/mol. The largest absolute Gasteiger partial charge is 0.339 e. The average Bonchev–Trinajstić information content (AvgIpc) is 2.94. The monoisotopic (exact) mass is 369 g/mol. The van der Waals surface area contributed by atoms with Gasteiger partial charge in [0.25, 0.3) is 0 Å². The molecule has 3 fully saturated rings. The summed E-state index contributed by atoms with van der Waals surface area (Å²) in [5.74, 6) is -0.709. The van der Waals surface area contributed by atoms with Crippen LogP contribution in [-0.2, 0) is 20.9 Å². The molecule has 1 aromatic carbocycles. The lowest BCUT2D eigenvalue weighted by Crippen LogP contribution is -2.51. The molecule has 1 aromatic rings. The van der Waals surface area contributed by atoms with Gasteiger partial charge in [0.1, 0.15) is 6.54 Å². The van der Waals surface area contributed by atoms with Crippen molar-refractivity contribution in [1.82, 2.24) is 14.7 Å². The molecule has 2 heterocycles. The zero-order valence-corrected chi connectivity index (χ0v) is 15.7. The van der Waals surface area contributed by atoms with Gasteiger partial charge in [-0.3, -0.25) is 24.2 Å². The Morgan fingerprint density at radius 2 is 1.48 bits per heavy atom. The van der Waals surface area contributed by atoms with Crippen LogP contribution in [0.25, 0.3) is 0 Å². The van der Waals surface area contributed by atoms with Gasteiger partial charge in [-0.05, 0) is 18.4 Å². The van der Waals surface area contributed by atoms with E-state index in [0.29, 0.717) is 13.1 Å². The molecule has 0 spiro atoms. The van der Waals surface area contributed by atoms with Crippen LogP contribution in [0.4, 0.5) is 0 Å². The number of imide groups is 1. The van der Waals surface area contributed by atoms with Crippen LogP contribution in [0.5, 0.6) is 0 Å². The van der Waals surface area contributed by atoms with E-state index in [4.69, 9.17) is 0 Å². The first-order chi connectivity index (χ1) is 13.1. The third-order valence-electron chi connectivity index (χ3n) is 6.20. The maximum Gasteiger partial charge on any atom is 0.242 e. The van der Waals surface area contributed by atoms with Gasteiger partial charge in [0.05, 0.1) is 11.8 Å². The summed E-state index contributed by atoms with van der Waals surface area (Å²) in [5.41, 5.74) is 1.27. The first-order valence-corrected chi connectivity index (χ1v) is 10.0. The molecular formula is C21H27N3O3. The van der Waals surface area contributed by atoms with Gasteiger partial charge in [-0.15, -0.1) is 0 Å². The number of nitrogens with zero attached hydrogens (tertiary/aromatic N) is 3. The van der Waals surface area contributed by atoms with E-state index in [-0.39, 0.29) is 36.1 Å². The third-order valence-corrected chi connectivity index (χ3v) is 6.20. The van der Waals surface area contributed by atoms with Crippen molar-refractivity contribution in [2.75, 3.05) is 32.7 Å². The van der Waals surface area contributed by atoms with Crippen molar-refractivity contribution in [3.63, 3.8) is 0 Å². The number of hydrogen-bond acceptors (Lipinski definition) is 4. The van der Waals surface area contributed by atoms with Crippen LogP contribution in [0, 0.1) is 11.8 Å². The molecule has 6 nitrogen and oxygen atoms in total. The Balaban J connectivity index is 1.29. The van der Waals surface area contributed by atoms with Crippen molar-refractivity contribution in [3.8, 4) is 0 Å². The summed E-state index contributed by atoms with van der Waals surface area (Å²) in [7, 11) is 0. The Labute approximate surface area is 160 Å². The molecule has 2 atom stereocenters. The molecule has 0 N–H and O–H groups in total. The van der Waals surface area contributed by atoms with E-state index in [1.165, 1.54) is 10.5 Å². The summed E-state index contributed by atoms with van der Waals surface area (Å²) in [6.45, 7) is 3.73. The summed E-state index contributed by atoms with van der Waals surface area (Å²) < 4.78 is 0. The number of likely N-dealkylation sites (tertiary alicyclic amines) is 1. The van der Waals surface area contributed by atoms with Gasteiger partial charge in [0.2, 0.25) is 17.7 Å². The first-order valence-electron chi connectivity index (χ1n) is 10.0. The van der Waals surface area contributed by atoms with Crippen molar-refractivity contribution in [1.29, 1.82) is 0 Å². The fourth-order valence-electron chi connectivity index (χ4n) is 4.62. The van der Waals surface area contributed by atoms with Crippen molar-refractivity contribution >= 4 is 17.7 Å². The smallest absolute Gasteiger partial charge is 0.242 e. The van der Waals surface area contributed by atoms with E-state index in [1.54, 1.807) is 4.90 Å². The van der Waals surface area contributed by atoms with Crippen molar-refractivity contribution in [3.05, 3.63) is 35.9 Å². The lowest BCUT2D eigenvalue weighted by Gasteiger charge is -2.35. The molecule has 0 aromatic heterocycles. The molecule has 2 saturated heterocycles. The predicted octanol–water partition coefficient (Wildman–Crippen LogP) is 1.51. The summed E-state index contributed by atoms with van der Waals surface area (Å²) >= 11 is 0. The van der Waals surface area contributed by atoms with Crippen LogP contribution in [-0.4, -0.2) is 65.1 Å². The lowest BCUT2D eigenvalue weighted by molar-refractivity contribution is -0.147. The number of benzene rings is 1. The highest BCUT2D eigenvalue weighted by atomic mass is 16.2. The fourth-order valence-corrected chi connectivity index (χ4v) is 4.62. The third kappa shape index (κ3) is 3.76. The zero-order valence-electron chi connectivity index (χ0n) is 15.7. The van der Waals surface area contributed by atoms with Crippen LogP contribution in [0.15, 0.2) is 30.3 Å². The number of piperazine rings is 1. The van der Waals surface area contributed by atoms with E-state index in [2.05, 4.69) is 17.0 Å². The second-order valence-electron chi connectivity index (χ2n) is 7.90. The minimum atomic E-state index is -0.179. The minimum absolute atomic E-state index is 0.0800. The summed E-state index contributed by atoms with van der Waals surface area (Å²) in [5, 5.41) is 0. The van der Waals surface area contributed by atoms with Crippen molar-refractivity contribution in [2.45, 2.75) is 32.2 Å². The molecular weight excluding hydrogens is 342 g/mol. The quantitative estimate of drug-likeness (QED) is 0.755. The summed E-state index contributed by atoms with van der Waals surface area (Å²) in [6, 6.07) is 10.3. The first kappa shape index (κ1) is 18.2. The van der Waals surface area contributed by atoms with E-state index < -0.39 is 0 Å². The Kier molecular flexibility index (Phi) is 5.25. The van der Waals surface area contributed by atoms with Gasteiger partial charge in [0, 0.05) is 32.7 Å². The molecule has 0 radical (unpaired) electrons. The SMILES string of the molecule is O=C(CN1C(=O)C2CCCCC2C1=O)N1CCN(Cc2ccccc2)CC1. The molecule has 4 rings (SSSR count). The van der Waals surface area contributed by atoms with Crippen molar-refractivity contribution < 1.29 is 14.4 Å². The van der Waals surface area contributed by atoms with Gasteiger partial charge < -0.3 is 4.90 Å². The average molecular weight is 369 g/mol. The Morgan fingerprint density at radius 1 is 0.889 bits per heavy atom. The molecule has 27 heavy (non-hydrogen) atoms. The van der Waals surface area contributed by atoms with Crippen LogP contribution < -0.4 is 0 Å². The van der Waals surface area contributed by atoms with Gasteiger partial charge in [-0.2, -0.15) is 0 Å². The maximum atomic E-state index is 12.7. The molecule has 2 aliphatic heterocycles. The molecule has 1 saturated carbocycles. The van der Waals surface area contributed by atoms with E-state index in [9.17, 15) is 14.4 Å². The Bertz CT molecular complexity index is 689. The number of fused-ring (bicyclic) bond motifs is 1. The van der Waals surface area contributed by atoms with E-state index >= 15 is 0 Å². The van der Waals surface area contributed by atoms with Crippen LogP contribution in [0.3, 0.4) is 0 Å². The molecule has 0 bridgehead atoms. The highest BCUT2D eigenvalue weighted by Crippen LogP contribution is 2.37. The van der Waals surface area contributed by atoms with Gasteiger partial charge >= 0.3 is 0 Å². The maximum absolute atomic E-state index is 12.7. The second kappa shape index (κ2) is 7.80. The topological polar surface area (TPSA) is 60.9 Å². The highest BCUT2D eigenvalue weighted by Gasteiger charge is 2.48. The van der Waals surface area contributed by atoms with Gasteiger partial charge in [0.15, 0.2) is 0 Å². The number of amides is 3. The second-order valence-corrected chi connectivity index (χ2v) is 7.90. The molecule has 1 aliphatic carbocycles. The molecule has 3 amide bonds. The zero-order chi connectivity index (χ0) is 18.8.